The molecule has 0 amide bonds. The lowest BCUT2D eigenvalue weighted by molar-refractivity contribution is 0.0999. The Kier molecular flexibility index (Phi) is 4.07. The highest BCUT2D eigenvalue weighted by Crippen LogP contribution is 2.25. The normalized spacial score (nSPS) is 10.7. The maximum atomic E-state index is 12.4. The fraction of sp³-hybridized carbons (Fsp3) is 0.214. The van der Waals surface area contributed by atoms with E-state index in [1.54, 1.807) is 31.4 Å². The second kappa shape index (κ2) is 5.59. The Morgan fingerprint density at radius 1 is 1.42 bits per heavy atom. The number of halogens is 1. The molecule has 1 aromatic carbocycles. The van der Waals surface area contributed by atoms with Gasteiger partial charge in [0.2, 0.25) is 5.78 Å². The van der Waals surface area contributed by atoms with Crippen LogP contribution in [0.5, 0.6) is 0 Å². The van der Waals surface area contributed by atoms with Crippen molar-refractivity contribution in [3.8, 4) is 0 Å². The number of benzene rings is 1. The highest BCUT2D eigenvalue weighted by Gasteiger charge is 2.17. The molecule has 0 saturated heterocycles. The summed E-state index contributed by atoms with van der Waals surface area (Å²) in [6.07, 6.45) is 0. The quantitative estimate of drug-likeness (QED) is 0.692. The molecule has 0 unspecified atom stereocenters. The molecule has 0 aliphatic carbocycles. The number of ether oxygens (including phenoxy) is 1. The summed E-state index contributed by atoms with van der Waals surface area (Å²) >= 11 is 3.34. The molecule has 0 saturated carbocycles. The van der Waals surface area contributed by atoms with Gasteiger partial charge < -0.3 is 14.9 Å². The monoisotopic (exact) mass is 323 g/mol. The fourth-order valence-corrected chi connectivity index (χ4v) is 2.26. The molecule has 1 heterocycles. The van der Waals surface area contributed by atoms with E-state index in [0.29, 0.717) is 23.6 Å². The molecule has 0 spiro atoms. The molecule has 0 aliphatic heterocycles. The van der Waals surface area contributed by atoms with Gasteiger partial charge in [0.25, 0.3) is 0 Å². The Balaban J connectivity index is 2.38. The van der Waals surface area contributed by atoms with E-state index >= 15 is 0 Å². The van der Waals surface area contributed by atoms with Gasteiger partial charge in [-0.2, -0.15) is 0 Å². The average molecular weight is 324 g/mol. The molecule has 100 valence electrons. The first-order valence-electron chi connectivity index (χ1n) is 5.71. The van der Waals surface area contributed by atoms with E-state index in [-0.39, 0.29) is 11.5 Å². The Hall–Kier alpha value is -1.59. The van der Waals surface area contributed by atoms with E-state index in [1.807, 2.05) is 6.92 Å². The van der Waals surface area contributed by atoms with E-state index in [0.717, 1.165) is 10.0 Å². The van der Waals surface area contributed by atoms with Gasteiger partial charge in [-0.15, -0.1) is 0 Å². The van der Waals surface area contributed by atoms with Gasteiger partial charge >= 0.3 is 0 Å². The largest absolute Gasteiger partial charge is 0.455 e. The van der Waals surface area contributed by atoms with E-state index in [2.05, 4.69) is 15.9 Å². The summed E-state index contributed by atoms with van der Waals surface area (Å²) in [5, 5.41) is 0. The number of hydrogen-bond acceptors (Lipinski definition) is 4. The SMILES string of the molecule is COCc1ccc(C(=O)c2cc(Br)cc(N)c2C)o1. The van der Waals surface area contributed by atoms with Crippen LogP contribution < -0.4 is 5.73 Å². The summed E-state index contributed by atoms with van der Waals surface area (Å²) in [6, 6.07) is 6.89. The van der Waals surface area contributed by atoms with E-state index < -0.39 is 0 Å². The lowest BCUT2D eigenvalue weighted by atomic mass is 10.0. The van der Waals surface area contributed by atoms with Crippen LogP contribution in [0.15, 0.2) is 33.2 Å². The zero-order valence-electron chi connectivity index (χ0n) is 10.7. The third kappa shape index (κ3) is 2.88. The summed E-state index contributed by atoms with van der Waals surface area (Å²) < 4.78 is 11.2. The summed E-state index contributed by atoms with van der Waals surface area (Å²) in [4.78, 5) is 12.4. The van der Waals surface area contributed by atoms with Gasteiger partial charge in [-0.1, -0.05) is 15.9 Å². The molecule has 0 fully saturated rings. The first-order valence-corrected chi connectivity index (χ1v) is 6.50. The van der Waals surface area contributed by atoms with Gasteiger partial charge in [0.1, 0.15) is 12.4 Å². The van der Waals surface area contributed by atoms with Crippen molar-refractivity contribution in [1.82, 2.24) is 0 Å². The molecule has 2 aromatic rings. The van der Waals surface area contributed by atoms with Gasteiger partial charge in [-0.25, -0.2) is 0 Å². The summed E-state index contributed by atoms with van der Waals surface area (Å²) in [7, 11) is 1.57. The Morgan fingerprint density at radius 2 is 2.16 bits per heavy atom. The van der Waals surface area contributed by atoms with E-state index in [4.69, 9.17) is 14.9 Å². The molecule has 0 atom stereocenters. The van der Waals surface area contributed by atoms with Gasteiger partial charge in [-0.05, 0) is 36.8 Å². The third-order valence-electron chi connectivity index (χ3n) is 2.83. The van der Waals surface area contributed by atoms with Gasteiger partial charge in [-0.3, -0.25) is 4.79 Å². The molecular formula is C14H14BrNO3. The number of carbonyl (C=O) groups excluding carboxylic acids is 1. The van der Waals surface area contributed by atoms with Crippen LogP contribution in [0.3, 0.4) is 0 Å². The van der Waals surface area contributed by atoms with Crippen LogP contribution >= 0.6 is 15.9 Å². The Labute approximate surface area is 119 Å². The second-order valence-electron chi connectivity index (χ2n) is 4.20. The predicted octanol–water partition coefficient (Wildman–Crippen LogP) is 3.31. The van der Waals surface area contributed by atoms with E-state index in [1.165, 1.54) is 0 Å². The maximum Gasteiger partial charge on any atom is 0.228 e. The van der Waals surface area contributed by atoms with Crippen molar-refractivity contribution in [2.24, 2.45) is 0 Å². The van der Waals surface area contributed by atoms with Crippen LogP contribution in [-0.2, 0) is 11.3 Å². The zero-order valence-corrected chi connectivity index (χ0v) is 12.3. The molecule has 0 aliphatic rings. The van der Waals surface area contributed by atoms with Gasteiger partial charge in [0.05, 0.1) is 0 Å². The van der Waals surface area contributed by atoms with Crippen LogP contribution in [0, 0.1) is 6.92 Å². The summed E-state index contributed by atoms with van der Waals surface area (Å²) in [5.74, 6) is 0.715. The van der Waals surface area contributed by atoms with Crippen molar-refractivity contribution in [3.05, 3.63) is 51.4 Å². The molecule has 0 bridgehead atoms. The van der Waals surface area contributed by atoms with Crippen molar-refractivity contribution in [2.75, 3.05) is 12.8 Å². The number of hydrogen-bond donors (Lipinski definition) is 1. The van der Waals surface area contributed by atoms with Crippen LogP contribution in [-0.4, -0.2) is 12.9 Å². The Morgan fingerprint density at radius 3 is 2.84 bits per heavy atom. The molecule has 4 nitrogen and oxygen atoms in total. The van der Waals surface area contributed by atoms with Crippen LogP contribution in [0.4, 0.5) is 5.69 Å². The number of rotatable bonds is 4. The molecule has 5 heteroatoms. The standard InChI is InChI=1S/C14H14BrNO3/c1-8-11(5-9(15)6-12(8)16)14(17)13-4-3-10(19-13)7-18-2/h3-6H,7,16H2,1-2H3. The minimum absolute atomic E-state index is 0.187. The predicted molar refractivity (Wildman–Crippen MR) is 76.1 cm³/mol. The zero-order chi connectivity index (χ0) is 14.0. The van der Waals surface area contributed by atoms with Gasteiger partial charge in [0.15, 0.2) is 5.76 Å². The number of methoxy groups -OCH3 is 1. The third-order valence-corrected chi connectivity index (χ3v) is 3.29. The number of ketones is 1. The highest BCUT2D eigenvalue weighted by molar-refractivity contribution is 9.10. The topological polar surface area (TPSA) is 65.5 Å². The number of nitrogen functional groups attached to an aromatic ring is 1. The lowest BCUT2D eigenvalue weighted by Crippen LogP contribution is -2.05. The molecule has 2 N–H and O–H groups in total. The molecule has 1 aromatic heterocycles. The molecule has 0 radical (unpaired) electrons. The molecule has 2 rings (SSSR count). The molecule has 19 heavy (non-hydrogen) atoms. The average Bonchev–Trinajstić information content (AvgIpc) is 2.82. The van der Waals surface area contributed by atoms with Crippen LogP contribution in [0.25, 0.3) is 0 Å². The minimum Gasteiger partial charge on any atom is -0.455 e. The fourth-order valence-electron chi connectivity index (χ4n) is 1.79. The van der Waals surface area contributed by atoms with Crippen molar-refractivity contribution in [3.63, 3.8) is 0 Å². The number of furan rings is 1. The first-order chi connectivity index (χ1) is 9.02. The van der Waals surface area contributed by atoms with Gasteiger partial charge in [0, 0.05) is 22.8 Å². The van der Waals surface area contributed by atoms with Crippen molar-refractivity contribution < 1.29 is 13.9 Å². The number of nitrogens with two attached hydrogens (primary N) is 1. The van der Waals surface area contributed by atoms with Crippen molar-refractivity contribution >= 4 is 27.4 Å². The maximum absolute atomic E-state index is 12.4. The number of carbonyl (C=O) groups is 1. The lowest BCUT2D eigenvalue weighted by Gasteiger charge is -2.07. The van der Waals surface area contributed by atoms with Crippen LogP contribution in [0.2, 0.25) is 0 Å². The van der Waals surface area contributed by atoms with Crippen molar-refractivity contribution in [2.45, 2.75) is 13.5 Å². The number of anilines is 1. The van der Waals surface area contributed by atoms with E-state index in [9.17, 15) is 4.79 Å². The summed E-state index contributed by atoms with van der Waals surface area (Å²) in [5.41, 5.74) is 7.71. The summed E-state index contributed by atoms with van der Waals surface area (Å²) in [6.45, 7) is 2.15. The van der Waals surface area contributed by atoms with Crippen LogP contribution in [0.1, 0.15) is 27.4 Å². The molecular weight excluding hydrogens is 310 g/mol. The smallest absolute Gasteiger partial charge is 0.228 e. The second-order valence-corrected chi connectivity index (χ2v) is 5.11. The Bertz CT molecular complexity index is 619. The highest BCUT2D eigenvalue weighted by atomic mass is 79.9. The minimum atomic E-state index is -0.187. The van der Waals surface area contributed by atoms with Crippen molar-refractivity contribution in [1.29, 1.82) is 0 Å². The first kappa shape index (κ1) is 13.8.